The van der Waals surface area contributed by atoms with Gasteiger partial charge in [0.2, 0.25) is 0 Å². The molecule has 33 heavy (non-hydrogen) atoms. The summed E-state index contributed by atoms with van der Waals surface area (Å²) in [5.74, 6) is -0.187. The van der Waals surface area contributed by atoms with Crippen LogP contribution in [-0.4, -0.2) is 35.5 Å². The summed E-state index contributed by atoms with van der Waals surface area (Å²) in [7, 11) is 0. The van der Waals surface area contributed by atoms with Crippen LogP contribution in [0.5, 0.6) is 0 Å². The van der Waals surface area contributed by atoms with Gasteiger partial charge in [-0.15, -0.1) is 0 Å². The third-order valence-corrected chi connectivity index (χ3v) is 8.01. The van der Waals surface area contributed by atoms with Gasteiger partial charge in [-0.2, -0.15) is 0 Å². The summed E-state index contributed by atoms with van der Waals surface area (Å²) in [6.45, 7) is 6.39. The van der Waals surface area contributed by atoms with E-state index in [0.29, 0.717) is 30.2 Å². The summed E-state index contributed by atoms with van der Waals surface area (Å²) >= 11 is 9.94. The van der Waals surface area contributed by atoms with Gasteiger partial charge < -0.3 is 10.1 Å². The highest BCUT2D eigenvalue weighted by Gasteiger charge is 2.47. The Morgan fingerprint density at radius 2 is 1.94 bits per heavy atom. The van der Waals surface area contributed by atoms with Crippen molar-refractivity contribution in [1.82, 2.24) is 9.24 Å². The molecule has 1 saturated heterocycles. The van der Waals surface area contributed by atoms with Crippen LogP contribution in [0.4, 0.5) is 0 Å². The molecule has 7 heteroatoms. The highest BCUT2D eigenvalue weighted by molar-refractivity contribution is 9.07. The molecule has 1 N–H and O–H groups in total. The number of fused-ring (bicyclic) bond motifs is 2. The van der Waals surface area contributed by atoms with Gasteiger partial charge in [-0.25, -0.2) is 0 Å². The SMILES string of the molecule is CCOC(=O)CC1CC2(CCNCC2)c2c(C(=O)N(Br)Cc3c(C)cccc3Cl)cccc21. The molecular formula is C26H30BrClN2O3. The van der Waals surface area contributed by atoms with Gasteiger partial charge in [0.1, 0.15) is 0 Å². The molecule has 176 valence electrons. The third kappa shape index (κ3) is 4.84. The Kier molecular flexibility index (Phi) is 7.46. The van der Waals surface area contributed by atoms with Crippen molar-refractivity contribution in [1.29, 1.82) is 0 Å². The number of carbonyl (C=O) groups is 2. The molecule has 1 fully saturated rings. The van der Waals surface area contributed by atoms with E-state index in [-0.39, 0.29) is 23.2 Å². The molecule has 2 aromatic carbocycles. The number of ether oxygens (including phenoxy) is 1. The minimum absolute atomic E-state index is 0.0690. The number of aryl methyl sites for hydroxylation is 1. The smallest absolute Gasteiger partial charge is 0.306 e. The molecule has 5 nitrogen and oxygen atoms in total. The van der Waals surface area contributed by atoms with E-state index in [2.05, 4.69) is 27.5 Å². The first kappa shape index (κ1) is 24.2. The van der Waals surface area contributed by atoms with Gasteiger partial charge in [-0.1, -0.05) is 35.9 Å². The number of amides is 1. The molecule has 0 radical (unpaired) electrons. The van der Waals surface area contributed by atoms with Crippen LogP contribution in [0.2, 0.25) is 5.02 Å². The number of rotatable bonds is 6. The first-order chi connectivity index (χ1) is 15.9. The average molecular weight is 534 g/mol. The van der Waals surface area contributed by atoms with Crippen molar-refractivity contribution in [2.45, 2.75) is 57.4 Å². The number of piperidine rings is 1. The second kappa shape index (κ2) is 10.2. The highest BCUT2D eigenvalue weighted by atomic mass is 79.9. The summed E-state index contributed by atoms with van der Waals surface area (Å²) in [5, 5.41) is 4.10. The highest BCUT2D eigenvalue weighted by Crippen LogP contribution is 2.53. The van der Waals surface area contributed by atoms with E-state index in [9.17, 15) is 9.59 Å². The molecule has 1 aliphatic heterocycles. The molecule has 4 rings (SSSR count). The van der Waals surface area contributed by atoms with Crippen molar-refractivity contribution in [2.24, 2.45) is 0 Å². The summed E-state index contributed by atoms with van der Waals surface area (Å²) in [6.07, 6.45) is 3.13. The average Bonchev–Trinajstić information content (AvgIpc) is 3.09. The van der Waals surface area contributed by atoms with Crippen LogP contribution in [0.3, 0.4) is 0 Å². The number of nitrogens with zero attached hydrogens (tertiary/aromatic N) is 1. The fourth-order valence-electron chi connectivity index (χ4n) is 5.53. The predicted octanol–water partition coefficient (Wildman–Crippen LogP) is 5.66. The topological polar surface area (TPSA) is 58.6 Å². The fourth-order valence-corrected chi connectivity index (χ4v) is 6.26. The van der Waals surface area contributed by atoms with Crippen molar-refractivity contribution in [2.75, 3.05) is 19.7 Å². The molecule has 1 atom stereocenters. The first-order valence-corrected chi connectivity index (χ1v) is 12.7. The Labute approximate surface area is 209 Å². The number of hydrogen-bond acceptors (Lipinski definition) is 4. The van der Waals surface area contributed by atoms with Crippen molar-refractivity contribution in [3.8, 4) is 0 Å². The van der Waals surface area contributed by atoms with E-state index in [0.717, 1.165) is 54.6 Å². The van der Waals surface area contributed by atoms with Gasteiger partial charge in [-0.05, 0) is 91.9 Å². The van der Waals surface area contributed by atoms with Gasteiger partial charge in [0.05, 0.1) is 35.7 Å². The maximum atomic E-state index is 13.7. The molecule has 1 spiro atoms. The minimum Gasteiger partial charge on any atom is -0.466 e. The Morgan fingerprint density at radius 3 is 2.64 bits per heavy atom. The van der Waals surface area contributed by atoms with Crippen LogP contribution in [0.15, 0.2) is 36.4 Å². The second-order valence-corrected chi connectivity index (χ2v) is 10.3. The van der Waals surface area contributed by atoms with Crippen molar-refractivity contribution in [3.63, 3.8) is 0 Å². The number of esters is 1. The molecular weight excluding hydrogens is 504 g/mol. The normalized spacial score (nSPS) is 18.7. The van der Waals surface area contributed by atoms with Crippen molar-refractivity contribution in [3.05, 3.63) is 69.2 Å². The molecule has 1 amide bonds. The Hall–Kier alpha value is -1.89. The van der Waals surface area contributed by atoms with E-state index >= 15 is 0 Å². The van der Waals surface area contributed by atoms with Gasteiger partial charge in [0.25, 0.3) is 5.91 Å². The Morgan fingerprint density at radius 1 is 1.21 bits per heavy atom. The van der Waals surface area contributed by atoms with E-state index in [1.807, 2.05) is 44.2 Å². The number of nitrogens with one attached hydrogen (secondary N) is 1. The maximum Gasteiger partial charge on any atom is 0.306 e. The van der Waals surface area contributed by atoms with Gasteiger partial charge in [-0.3, -0.25) is 13.5 Å². The van der Waals surface area contributed by atoms with Crippen LogP contribution in [0.1, 0.15) is 71.1 Å². The summed E-state index contributed by atoms with van der Waals surface area (Å²) in [6, 6.07) is 11.7. The molecule has 2 aromatic rings. The van der Waals surface area contributed by atoms with E-state index in [4.69, 9.17) is 16.3 Å². The monoisotopic (exact) mass is 532 g/mol. The van der Waals surface area contributed by atoms with Crippen molar-refractivity contribution >= 4 is 39.6 Å². The van der Waals surface area contributed by atoms with Crippen LogP contribution in [0, 0.1) is 6.92 Å². The van der Waals surface area contributed by atoms with Gasteiger partial charge in [0, 0.05) is 10.6 Å². The number of halogens is 2. The Bertz CT molecular complexity index is 1030. The lowest BCUT2D eigenvalue weighted by Gasteiger charge is -2.36. The number of benzene rings is 2. The lowest BCUT2D eigenvalue weighted by molar-refractivity contribution is -0.143. The maximum absolute atomic E-state index is 13.7. The van der Waals surface area contributed by atoms with Crippen LogP contribution < -0.4 is 5.32 Å². The van der Waals surface area contributed by atoms with Gasteiger partial charge in [0.15, 0.2) is 0 Å². The summed E-state index contributed by atoms with van der Waals surface area (Å²) < 4.78 is 6.83. The molecule has 1 heterocycles. The predicted molar refractivity (Wildman–Crippen MR) is 134 cm³/mol. The molecule has 0 saturated carbocycles. The molecule has 0 bridgehead atoms. The first-order valence-electron chi connectivity index (χ1n) is 11.6. The minimum atomic E-state index is -0.174. The zero-order valence-corrected chi connectivity index (χ0v) is 21.5. The quantitative estimate of drug-likeness (QED) is 0.384. The second-order valence-electron chi connectivity index (χ2n) is 9.07. The molecule has 1 unspecified atom stereocenters. The van der Waals surface area contributed by atoms with Crippen molar-refractivity contribution < 1.29 is 14.3 Å². The summed E-state index contributed by atoms with van der Waals surface area (Å²) in [4.78, 5) is 26.1. The molecule has 0 aromatic heterocycles. The van der Waals surface area contributed by atoms with Crippen LogP contribution in [-0.2, 0) is 21.5 Å². The zero-order chi connectivity index (χ0) is 23.6. The van der Waals surface area contributed by atoms with Crippen LogP contribution in [0.25, 0.3) is 0 Å². The molecule has 1 aliphatic carbocycles. The number of carbonyl (C=O) groups excluding carboxylic acids is 2. The zero-order valence-electron chi connectivity index (χ0n) is 19.1. The lowest BCUT2D eigenvalue weighted by atomic mass is 9.72. The van der Waals surface area contributed by atoms with Gasteiger partial charge >= 0.3 is 5.97 Å². The third-order valence-electron chi connectivity index (χ3n) is 7.08. The van der Waals surface area contributed by atoms with E-state index < -0.39 is 0 Å². The number of hydrogen-bond donors (Lipinski definition) is 1. The Balaban J connectivity index is 1.69. The standard InChI is InChI=1S/C26H30BrClN2O3/c1-3-33-23(31)14-18-15-26(10-12-29-13-11-26)24-19(18)7-5-8-20(24)25(32)30(27)16-21-17(2)6-4-9-22(21)28/h4-9,18,29H,3,10-16H2,1-2H3. The largest absolute Gasteiger partial charge is 0.466 e. The fraction of sp³-hybridized carbons (Fsp3) is 0.462. The van der Waals surface area contributed by atoms with Crippen LogP contribution >= 0.6 is 27.7 Å². The molecule has 2 aliphatic rings. The van der Waals surface area contributed by atoms with E-state index in [1.165, 1.54) is 0 Å². The summed E-state index contributed by atoms with van der Waals surface area (Å²) in [5.41, 5.74) is 4.81. The lowest BCUT2D eigenvalue weighted by Crippen LogP contribution is -2.39. The van der Waals surface area contributed by atoms with E-state index in [1.54, 1.807) is 3.93 Å².